The zero-order valence-corrected chi connectivity index (χ0v) is 13.5. The van der Waals surface area contributed by atoms with Crippen molar-refractivity contribution in [2.45, 2.75) is 43.1 Å². The van der Waals surface area contributed by atoms with Gasteiger partial charge < -0.3 is 4.74 Å². The van der Waals surface area contributed by atoms with Gasteiger partial charge in [-0.1, -0.05) is 6.42 Å². The van der Waals surface area contributed by atoms with E-state index in [1.165, 1.54) is 0 Å². The van der Waals surface area contributed by atoms with Crippen LogP contribution in [0.5, 0.6) is 0 Å². The van der Waals surface area contributed by atoms with Crippen LogP contribution >= 0.6 is 15.9 Å². The smallest absolute Gasteiger partial charge is 0.339 e. The molecule has 0 aliphatic heterocycles. The maximum Gasteiger partial charge on any atom is 0.339 e. The Kier molecular flexibility index (Phi) is 5.00. The van der Waals surface area contributed by atoms with E-state index in [9.17, 15) is 17.6 Å². The van der Waals surface area contributed by atoms with E-state index in [0.717, 1.165) is 44.2 Å². The first-order valence-corrected chi connectivity index (χ1v) is 8.86. The van der Waals surface area contributed by atoms with Gasteiger partial charge >= 0.3 is 5.97 Å². The van der Waals surface area contributed by atoms with E-state index in [1.54, 1.807) is 0 Å². The van der Waals surface area contributed by atoms with Crippen LogP contribution in [0.4, 0.5) is 4.39 Å². The fourth-order valence-corrected chi connectivity index (χ4v) is 3.39. The Labute approximate surface area is 130 Å². The molecule has 0 unspecified atom stereocenters. The normalized spacial score (nSPS) is 16.7. The highest BCUT2D eigenvalue weighted by molar-refractivity contribution is 9.10. The molecule has 2 N–H and O–H groups in total. The van der Waals surface area contributed by atoms with Gasteiger partial charge in [-0.15, -0.1) is 0 Å². The molecular weight excluding hydrogens is 365 g/mol. The number of carbonyl (C=O) groups excluding carboxylic acids is 1. The molecule has 1 aromatic carbocycles. The fraction of sp³-hybridized carbons (Fsp3) is 0.462. The molecule has 2 rings (SSSR count). The maximum absolute atomic E-state index is 13.6. The van der Waals surface area contributed by atoms with Crippen LogP contribution in [0.15, 0.2) is 21.5 Å². The summed E-state index contributed by atoms with van der Waals surface area (Å²) in [4.78, 5) is 11.4. The molecule has 0 atom stereocenters. The number of hydrogen-bond donors (Lipinski definition) is 1. The Morgan fingerprint density at radius 1 is 1.29 bits per heavy atom. The summed E-state index contributed by atoms with van der Waals surface area (Å²) in [7, 11) is -4.24. The molecule has 0 radical (unpaired) electrons. The Hall–Kier alpha value is -0.990. The van der Waals surface area contributed by atoms with Crippen LogP contribution in [0.2, 0.25) is 0 Å². The number of ether oxygens (including phenoxy) is 1. The van der Waals surface area contributed by atoms with Gasteiger partial charge in [-0.05, 0) is 53.7 Å². The molecule has 0 spiro atoms. The third-order valence-corrected chi connectivity index (χ3v) is 4.96. The summed E-state index contributed by atoms with van der Waals surface area (Å²) in [5, 5.41) is 4.93. The molecule has 0 amide bonds. The van der Waals surface area contributed by atoms with Gasteiger partial charge in [-0.3, -0.25) is 0 Å². The minimum Gasteiger partial charge on any atom is -0.459 e. The predicted molar refractivity (Wildman–Crippen MR) is 77.8 cm³/mol. The SMILES string of the molecule is NS(=O)(=O)c1cc(C(=O)OC2CCCCC2)c(Br)cc1F. The monoisotopic (exact) mass is 379 g/mol. The number of sulfonamides is 1. The highest BCUT2D eigenvalue weighted by Crippen LogP contribution is 2.27. The Morgan fingerprint density at radius 3 is 2.48 bits per heavy atom. The summed E-state index contributed by atoms with van der Waals surface area (Å²) in [6, 6.07) is 1.80. The molecule has 0 heterocycles. The third kappa shape index (κ3) is 4.02. The lowest BCUT2D eigenvalue weighted by Gasteiger charge is -2.22. The van der Waals surface area contributed by atoms with Crippen molar-refractivity contribution in [1.82, 2.24) is 0 Å². The first-order chi connectivity index (χ1) is 9.79. The zero-order valence-electron chi connectivity index (χ0n) is 11.1. The Morgan fingerprint density at radius 2 is 1.90 bits per heavy atom. The summed E-state index contributed by atoms with van der Waals surface area (Å²) in [6.45, 7) is 0. The number of halogens is 2. The average Bonchev–Trinajstić information content (AvgIpc) is 2.38. The lowest BCUT2D eigenvalue weighted by molar-refractivity contribution is 0.0209. The van der Waals surface area contributed by atoms with Crippen molar-refractivity contribution < 1.29 is 22.3 Å². The second-order valence-electron chi connectivity index (χ2n) is 4.97. The lowest BCUT2D eigenvalue weighted by atomic mass is 9.98. The van der Waals surface area contributed by atoms with Gasteiger partial charge in [0.15, 0.2) is 0 Å². The molecule has 0 saturated heterocycles. The van der Waals surface area contributed by atoms with E-state index in [1.807, 2.05) is 0 Å². The summed E-state index contributed by atoms with van der Waals surface area (Å²) in [5.41, 5.74) is -0.0500. The molecule has 1 saturated carbocycles. The van der Waals surface area contributed by atoms with Crippen molar-refractivity contribution in [2.75, 3.05) is 0 Å². The van der Waals surface area contributed by atoms with Gasteiger partial charge in [0.25, 0.3) is 0 Å². The first-order valence-electron chi connectivity index (χ1n) is 6.52. The molecule has 5 nitrogen and oxygen atoms in total. The van der Waals surface area contributed by atoms with Crippen LogP contribution in [-0.4, -0.2) is 20.5 Å². The Balaban J connectivity index is 2.28. The zero-order chi connectivity index (χ0) is 15.6. The minimum atomic E-state index is -4.24. The van der Waals surface area contributed by atoms with Crippen LogP contribution in [0.25, 0.3) is 0 Å². The summed E-state index contributed by atoms with van der Waals surface area (Å²) in [6.07, 6.45) is 4.49. The molecule has 0 aromatic heterocycles. The molecule has 1 fully saturated rings. The molecule has 1 aliphatic carbocycles. The van der Waals surface area contributed by atoms with Crippen molar-refractivity contribution in [1.29, 1.82) is 0 Å². The van der Waals surface area contributed by atoms with Gasteiger partial charge in [0, 0.05) is 4.47 Å². The van der Waals surface area contributed by atoms with Crippen LogP contribution in [0, 0.1) is 5.82 Å². The first kappa shape index (κ1) is 16.4. The minimum absolute atomic E-state index is 0.0500. The molecule has 8 heteroatoms. The maximum atomic E-state index is 13.6. The standard InChI is InChI=1S/C13H15BrFNO4S/c14-10-7-11(15)12(21(16,18)19)6-9(10)13(17)20-8-4-2-1-3-5-8/h6-8H,1-5H2,(H2,16,18,19). The number of esters is 1. The van der Waals surface area contributed by atoms with E-state index < -0.39 is 26.7 Å². The number of rotatable bonds is 3. The second kappa shape index (κ2) is 6.41. The van der Waals surface area contributed by atoms with Crippen molar-refractivity contribution in [3.8, 4) is 0 Å². The number of nitrogens with two attached hydrogens (primary N) is 1. The average molecular weight is 380 g/mol. The largest absolute Gasteiger partial charge is 0.459 e. The van der Waals surface area contributed by atoms with E-state index in [4.69, 9.17) is 9.88 Å². The van der Waals surface area contributed by atoms with Gasteiger partial charge in [0.05, 0.1) is 5.56 Å². The van der Waals surface area contributed by atoms with E-state index in [2.05, 4.69) is 15.9 Å². The molecule has 1 aromatic rings. The molecule has 116 valence electrons. The summed E-state index contributed by atoms with van der Waals surface area (Å²) < 4.78 is 41.7. The van der Waals surface area contributed by atoms with Crippen molar-refractivity contribution in [3.05, 3.63) is 28.0 Å². The van der Waals surface area contributed by atoms with Gasteiger partial charge in [0.1, 0.15) is 16.8 Å². The predicted octanol–water partition coefficient (Wildman–Crippen LogP) is 2.73. The van der Waals surface area contributed by atoms with E-state index in [-0.39, 0.29) is 16.1 Å². The second-order valence-corrected chi connectivity index (χ2v) is 7.36. The molecule has 1 aliphatic rings. The topological polar surface area (TPSA) is 86.5 Å². The van der Waals surface area contributed by atoms with Crippen LogP contribution in [0.3, 0.4) is 0 Å². The third-order valence-electron chi connectivity index (χ3n) is 3.37. The highest BCUT2D eigenvalue weighted by atomic mass is 79.9. The number of primary sulfonamides is 1. The fourth-order valence-electron chi connectivity index (χ4n) is 2.30. The van der Waals surface area contributed by atoms with E-state index >= 15 is 0 Å². The van der Waals surface area contributed by atoms with Crippen LogP contribution in [0.1, 0.15) is 42.5 Å². The number of carbonyl (C=O) groups is 1. The Bertz CT molecular complexity index is 656. The van der Waals surface area contributed by atoms with Gasteiger partial charge in [-0.2, -0.15) is 0 Å². The molecule has 0 bridgehead atoms. The van der Waals surface area contributed by atoms with Crippen LogP contribution < -0.4 is 5.14 Å². The highest BCUT2D eigenvalue weighted by Gasteiger charge is 2.24. The molecule has 21 heavy (non-hydrogen) atoms. The summed E-state index contributed by atoms with van der Waals surface area (Å²) in [5.74, 6) is -1.70. The van der Waals surface area contributed by atoms with Crippen molar-refractivity contribution in [2.24, 2.45) is 5.14 Å². The number of benzene rings is 1. The van der Waals surface area contributed by atoms with E-state index in [0.29, 0.717) is 0 Å². The van der Waals surface area contributed by atoms with Crippen LogP contribution in [-0.2, 0) is 14.8 Å². The van der Waals surface area contributed by atoms with Gasteiger partial charge in [-0.25, -0.2) is 22.7 Å². The number of hydrogen-bond acceptors (Lipinski definition) is 4. The molecular formula is C13H15BrFNO4S. The quantitative estimate of drug-likeness (QED) is 0.817. The van der Waals surface area contributed by atoms with Gasteiger partial charge in [0.2, 0.25) is 10.0 Å². The lowest BCUT2D eigenvalue weighted by Crippen LogP contribution is -2.22. The van der Waals surface area contributed by atoms with Crippen molar-refractivity contribution >= 4 is 31.9 Å². The van der Waals surface area contributed by atoms with Crippen molar-refractivity contribution in [3.63, 3.8) is 0 Å². The summed E-state index contributed by atoms with van der Waals surface area (Å²) >= 11 is 3.04.